The lowest BCUT2D eigenvalue weighted by molar-refractivity contribution is -0.447. The molecule has 1 rings (SSSR count). The van der Waals surface area contributed by atoms with Crippen LogP contribution in [-0.4, -0.2) is 47.9 Å². The molecule has 4 N–H and O–H groups in total. The van der Waals surface area contributed by atoms with Crippen LogP contribution in [0.1, 0.15) is 0 Å². The van der Waals surface area contributed by atoms with Crippen LogP contribution >= 0.6 is 0 Å². The first-order chi connectivity index (χ1) is 10.6. The molecule has 1 aliphatic heterocycles. The Hall–Kier alpha value is -1.56. The number of carboxylic acid groups (broad SMARTS) is 1. The molecule has 1 aliphatic rings. The van der Waals surface area contributed by atoms with Crippen molar-refractivity contribution in [3.8, 4) is 0 Å². The average Bonchev–Trinajstić information content (AvgIpc) is 2.57. The van der Waals surface area contributed by atoms with Crippen LogP contribution in [0.4, 0.5) is 57.1 Å². The summed E-state index contributed by atoms with van der Waals surface area (Å²) in [5.74, 6) is -32.8. The summed E-state index contributed by atoms with van der Waals surface area (Å²) in [6.07, 6.45) is -21.2. The second-order valence-corrected chi connectivity index (χ2v) is 4.36. The van der Waals surface area contributed by atoms with Gasteiger partial charge in [-0.05, 0) is 0 Å². The summed E-state index contributed by atoms with van der Waals surface area (Å²) in [4.78, 5) is 10.3. The van der Waals surface area contributed by atoms with E-state index < -0.39 is 47.9 Å². The monoisotopic (exact) mass is 425 g/mol. The van der Waals surface area contributed by atoms with Gasteiger partial charge in [-0.2, -0.15) is 57.1 Å². The van der Waals surface area contributed by atoms with Crippen molar-refractivity contribution in [2.45, 2.75) is 41.9 Å². The molecule has 1 fully saturated rings. The topological polar surface area (TPSA) is 95.1 Å². The van der Waals surface area contributed by atoms with E-state index in [0.29, 0.717) is 0 Å². The summed E-state index contributed by atoms with van der Waals surface area (Å²) in [6, 6.07) is 0. The molecule has 0 radical (unpaired) electrons. The van der Waals surface area contributed by atoms with Gasteiger partial charge in [0, 0.05) is 0 Å². The number of rotatable bonds is 3. The Morgan fingerprint density at radius 1 is 0.808 bits per heavy atom. The standard InChI is InChI=1S/C8HF13O4.H3N/c9-3(10,4(11,12)7(17,18)19)5(13)8(20,21)25-2(24-5,1(22)23)6(14,15)16;/h(H,22,23);1H3. The molecule has 0 aliphatic carbocycles. The third-order valence-electron chi connectivity index (χ3n) is 2.73. The first kappa shape index (κ1) is 24.4. The number of carbonyl (C=O) groups is 1. The molecule has 0 spiro atoms. The summed E-state index contributed by atoms with van der Waals surface area (Å²) < 4.78 is 169. The third-order valence-corrected chi connectivity index (χ3v) is 2.73. The maximum atomic E-state index is 13.7. The van der Waals surface area contributed by atoms with Gasteiger partial charge in [-0.3, -0.25) is 9.47 Å². The maximum absolute atomic E-state index is 13.7. The van der Waals surface area contributed by atoms with Crippen molar-refractivity contribution < 1.29 is 76.5 Å². The van der Waals surface area contributed by atoms with Gasteiger partial charge in [0.1, 0.15) is 5.97 Å². The normalized spacial score (nSPS) is 30.0. The minimum Gasteiger partial charge on any atom is -0.544 e. The van der Waals surface area contributed by atoms with Crippen LogP contribution < -0.4 is 11.3 Å². The van der Waals surface area contributed by atoms with E-state index in [9.17, 15) is 67.0 Å². The molecule has 2 atom stereocenters. The molecule has 2 unspecified atom stereocenters. The SMILES string of the molecule is O=C([O-])C1(C(F)(F)F)OC(F)(F)C(F)(C(F)(F)C(F)(F)C(F)(F)F)O1.[NH4+]. The van der Waals surface area contributed by atoms with Gasteiger partial charge in [-0.1, -0.05) is 0 Å². The highest BCUT2D eigenvalue weighted by Gasteiger charge is 2.93. The van der Waals surface area contributed by atoms with Gasteiger partial charge in [0.05, 0.1) is 0 Å². The zero-order chi connectivity index (χ0) is 20.5. The van der Waals surface area contributed by atoms with Crippen molar-refractivity contribution in [2.75, 3.05) is 0 Å². The number of quaternary nitrogens is 1. The van der Waals surface area contributed by atoms with E-state index in [2.05, 4.69) is 9.47 Å². The zero-order valence-electron chi connectivity index (χ0n) is 11.5. The smallest absolute Gasteiger partial charge is 0.460 e. The number of carboxylic acids is 1. The molecule has 1 saturated heterocycles. The fourth-order valence-electron chi connectivity index (χ4n) is 1.47. The van der Waals surface area contributed by atoms with Crippen LogP contribution in [0.25, 0.3) is 0 Å². The first-order valence-electron chi connectivity index (χ1n) is 5.18. The zero-order valence-corrected chi connectivity index (χ0v) is 11.5. The molecule has 0 aromatic heterocycles. The third kappa shape index (κ3) is 2.73. The van der Waals surface area contributed by atoms with Crippen molar-refractivity contribution in [1.82, 2.24) is 6.15 Å². The summed E-state index contributed by atoms with van der Waals surface area (Å²) in [7, 11) is 0. The molecule has 0 bridgehead atoms. The lowest BCUT2D eigenvalue weighted by Gasteiger charge is -2.37. The molecule has 0 aromatic carbocycles. The van der Waals surface area contributed by atoms with E-state index in [-0.39, 0.29) is 6.15 Å². The highest BCUT2D eigenvalue weighted by molar-refractivity contribution is 5.75. The molecular formula is C8H4F13NO4. The fourth-order valence-corrected chi connectivity index (χ4v) is 1.47. The second kappa shape index (κ2) is 5.72. The van der Waals surface area contributed by atoms with Gasteiger partial charge < -0.3 is 16.1 Å². The highest BCUT2D eigenvalue weighted by atomic mass is 19.4. The van der Waals surface area contributed by atoms with E-state index in [1.807, 2.05) is 0 Å². The molecule has 26 heavy (non-hydrogen) atoms. The van der Waals surface area contributed by atoms with Crippen molar-refractivity contribution in [1.29, 1.82) is 0 Å². The molecule has 18 heteroatoms. The van der Waals surface area contributed by atoms with Crippen molar-refractivity contribution >= 4 is 5.97 Å². The maximum Gasteiger partial charge on any atom is 0.460 e. The van der Waals surface area contributed by atoms with Gasteiger partial charge in [0.25, 0.3) is 0 Å². The number of ether oxygens (including phenoxy) is 2. The van der Waals surface area contributed by atoms with E-state index >= 15 is 0 Å². The number of aliphatic carboxylic acids is 1. The van der Waals surface area contributed by atoms with Crippen LogP contribution in [0.15, 0.2) is 0 Å². The fraction of sp³-hybridized carbons (Fsp3) is 0.875. The number of alkyl halides is 13. The van der Waals surface area contributed by atoms with Gasteiger partial charge in [0.15, 0.2) is 0 Å². The number of halogens is 13. The number of carbonyl (C=O) groups excluding carboxylic acids is 1. The molecule has 0 saturated carbocycles. The van der Waals surface area contributed by atoms with Crippen LogP contribution in [0.3, 0.4) is 0 Å². The summed E-state index contributed by atoms with van der Waals surface area (Å²) >= 11 is 0. The van der Waals surface area contributed by atoms with Crippen molar-refractivity contribution in [3.05, 3.63) is 0 Å². The average molecular weight is 425 g/mol. The molecule has 0 aromatic rings. The van der Waals surface area contributed by atoms with Gasteiger partial charge in [0.2, 0.25) is 0 Å². The van der Waals surface area contributed by atoms with Gasteiger partial charge in [-0.15, -0.1) is 0 Å². The molecular weight excluding hydrogens is 421 g/mol. The minimum absolute atomic E-state index is 0. The summed E-state index contributed by atoms with van der Waals surface area (Å²) in [5.41, 5.74) is 0. The van der Waals surface area contributed by atoms with Crippen molar-refractivity contribution in [2.24, 2.45) is 0 Å². The van der Waals surface area contributed by atoms with E-state index in [4.69, 9.17) is 0 Å². The second-order valence-electron chi connectivity index (χ2n) is 4.36. The van der Waals surface area contributed by atoms with Gasteiger partial charge >= 0.3 is 41.9 Å². The van der Waals surface area contributed by atoms with E-state index in [1.165, 1.54) is 0 Å². The van der Waals surface area contributed by atoms with Crippen LogP contribution in [0, 0.1) is 0 Å². The predicted molar refractivity (Wildman–Crippen MR) is 46.7 cm³/mol. The quantitative estimate of drug-likeness (QED) is 0.704. The van der Waals surface area contributed by atoms with Crippen LogP contribution in [0.5, 0.6) is 0 Å². The number of hydrogen-bond donors (Lipinski definition) is 1. The lowest BCUT2D eigenvalue weighted by Crippen LogP contribution is -2.68. The lowest BCUT2D eigenvalue weighted by atomic mass is 10.0. The van der Waals surface area contributed by atoms with E-state index in [1.54, 1.807) is 0 Å². The Kier molecular flexibility index (Phi) is 5.37. The summed E-state index contributed by atoms with van der Waals surface area (Å²) in [5, 5.41) is 10.3. The predicted octanol–water partition coefficient (Wildman–Crippen LogP) is 2.51. The molecule has 156 valence electrons. The Morgan fingerprint density at radius 2 is 1.19 bits per heavy atom. The van der Waals surface area contributed by atoms with Crippen LogP contribution in [0.2, 0.25) is 0 Å². The molecule has 1 heterocycles. The molecule has 5 nitrogen and oxygen atoms in total. The Labute approximate surface area is 132 Å². The summed E-state index contributed by atoms with van der Waals surface area (Å²) in [6.45, 7) is 0. The largest absolute Gasteiger partial charge is 0.544 e. The highest BCUT2D eigenvalue weighted by Crippen LogP contribution is 2.63. The Bertz CT molecular complexity index is 571. The Balaban J connectivity index is 0.00000625. The Morgan fingerprint density at radius 3 is 1.42 bits per heavy atom. The minimum atomic E-state index is -7.77. The number of hydrogen-bond acceptors (Lipinski definition) is 4. The first-order valence-corrected chi connectivity index (χ1v) is 5.18. The molecule has 0 amide bonds. The van der Waals surface area contributed by atoms with E-state index in [0.717, 1.165) is 0 Å². The van der Waals surface area contributed by atoms with Crippen molar-refractivity contribution in [3.63, 3.8) is 0 Å². The van der Waals surface area contributed by atoms with Gasteiger partial charge in [-0.25, -0.2) is 0 Å². The van der Waals surface area contributed by atoms with Crippen LogP contribution in [-0.2, 0) is 14.3 Å².